The lowest BCUT2D eigenvalue weighted by molar-refractivity contribution is -0.140. The van der Waals surface area contributed by atoms with Crippen molar-refractivity contribution in [3.8, 4) is 0 Å². The fraction of sp³-hybridized carbons (Fsp3) is 0.500. The van der Waals surface area contributed by atoms with Gasteiger partial charge in [-0.2, -0.15) is 5.10 Å². The van der Waals surface area contributed by atoms with Crippen LogP contribution in [0.25, 0.3) is 0 Å². The van der Waals surface area contributed by atoms with E-state index < -0.39 is 0 Å². The minimum absolute atomic E-state index is 0.0871. The molecule has 7 nitrogen and oxygen atoms in total. The molecule has 0 saturated carbocycles. The maximum atomic E-state index is 13.0. The minimum atomic E-state index is -0.0871. The van der Waals surface area contributed by atoms with Crippen molar-refractivity contribution in [2.45, 2.75) is 19.6 Å². The van der Waals surface area contributed by atoms with Crippen molar-refractivity contribution in [3.63, 3.8) is 0 Å². The minimum Gasteiger partial charge on any atom is -0.378 e. The number of hydrogen-bond acceptors (Lipinski definition) is 5. The molecule has 2 aliphatic heterocycles. The molecule has 0 bridgehead atoms. The monoisotopic (exact) mass is 341 g/mol. The van der Waals surface area contributed by atoms with Gasteiger partial charge < -0.3 is 9.64 Å². The van der Waals surface area contributed by atoms with E-state index in [-0.39, 0.29) is 11.8 Å². The Hall–Kier alpha value is -2.25. The molecule has 7 heteroatoms. The lowest BCUT2D eigenvalue weighted by Crippen LogP contribution is -2.46. The summed E-state index contributed by atoms with van der Waals surface area (Å²) in [7, 11) is 0. The van der Waals surface area contributed by atoms with Gasteiger partial charge in [-0.25, -0.2) is 0 Å². The number of fused-ring (bicyclic) bond motifs is 1. The zero-order valence-electron chi connectivity index (χ0n) is 14.3. The van der Waals surface area contributed by atoms with Crippen molar-refractivity contribution in [3.05, 3.63) is 48.0 Å². The topological polar surface area (TPSA) is 63.5 Å². The van der Waals surface area contributed by atoms with Crippen molar-refractivity contribution in [2.75, 3.05) is 32.8 Å². The van der Waals surface area contributed by atoms with Crippen molar-refractivity contribution in [2.24, 2.45) is 5.92 Å². The highest BCUT2D eigenvalue weighted by molar-refractivity contribution is 5.79. The van der Waals surface area contributed by atoms with Gasteiger partial charge in [0, 0.05) is 51.3 Å². The fourth-order valence-electron chi connectivity index (χ4n) is 3.60. The molecule has 25 heavy (non-hydrogen) atoms. The van der Waals surface area contributed by atoms with E-state index in [1.165, 1.54) is 0 Å². The van der Waals surface area contributed by atoms with Gasteiger partial charge in [0.25, 0.3) is 0 Å². The summed E-state index contributed by atoms with van der Waals surface area (Å²) in [5.41, 5.74) is 2.31. The Morgan fingerprint density at radius 1 is 1.20 bits per heavy atom. The Balaban J connectivity index is 1.53. The number of amides is 1. The second-order valence-corrected chi connectivity index (χ2v) is 6.67. The van der Waals surface area contributed by atoms with Crippen molar-refractivity contribution in [1.29, 1.82) is 0 Å². The summed E-state index contributed by atoms with van der Waals surface area (Å²) in [5.74, 6) is 0.124. The highest BCUT2D eigenvalue weighted by Gasteiger charge is 2.31. The van der Waals surface area contributed by atoms with Crippen LogP contribution in [-0.2, 0) is 29.2 Å². The van der Waals surface area contributed by atoms with Gasteiger partial charge in [-0.1, -0.05) is 6.07 Å². The number of pyridine rings is 1. The first-order chi connectivity index (χ1) is 12.3. The number of morpholine rings is 1. The third kappa shape index (κ3) is 3.72. The predicted molar refractivity (Wildman–Crippen MR) is 91.5 cm³/mol. The summed E-state index contributed by atoms with van der Waals surface area (Å²) >= 11 is 0. The largest absolute Gasteiger partial charge is 0.378 e. The van der Waals surface area contributed by atoms with Gasteiger partial charge in [0.05, 0.1) is 31.4 Å². The molecular formula is C18H23N5O2. The third-order valence-electron chi connectivity index (χ3n) is 4.86. The zero-order valence-corrected chi connectivity index (χ0v) is 14.3. The summed E-state index contributed by atoms with van der Waals surface area (Å²) < 4.78 is 7.36. The average Bonchev–Trinajstić information content (AvgIpc) is 3.01. The summed E-state index contributed by atoms with van der Waals surface area (Å²) in [4.78, 5) is 21.5. The molecule has 0 aromatic carbocycles. The average molecular weight is 341 g/mol. The number of carbonyl (C=O) groups excluding carboxylic acids is 1. The summed E-state index contributed by atoms with van der Waals surface area (Å²) in [6, 6.07) is 6.07. The Bertz CT molecular complexity index is 711. The molecule has 1 amide bonds. The molecule has 4 rings (SSSR count). The Morgan fingerprint density at radius 3 is 2.88 bits per heavy atom. The lowest BCUT2D eigenvalue weighted by atomic mass is 10.1. The van der Waals surface area contributed by atoms with Crippen LogP contribution >= 0.6 is 0 Å². The van der Waals surface area contributed by atoms with Crippen molar-refractivity contribution < 1.29 is 9.53 Å². The van der Waals surface area contributed by atoms with Crippen LogP contribution in [0, 0.1) is 5.92 Å². The van der Waals surface area contributed by atoms with E-state index in [1.54, 1.807) is 6.20 Å². The second-order valence-electron chi connectivity index (χ2n) is 6.67. The number of rotatable bonds is 3. The van der Waals surface area contributed by atoms with Crippen LogP contribution in [0.2, 0.25) is 0 Å². The van der Waals surface area contributed by atoms with Gasteiger partial charge in [0.1, 0.15) is 0 Å². The Kier molecular flexibility index (Phi) is 4.76. The van der Waals surface area contributed by atoms with Gasteiger partial charge in [-0.05, 0) is 17.7 Å². The van der Waals surface area contributed by atoms with E-state index in [0.29, 0.717) is 32.8 Å². The molecule has 2 aromatic heterocycles. The Morgan fingerprint density at radius 2 is 2.08 bits per heavy atom. The van der Waals surface area contributed by atoms with Gasteiger partial charge in [-0.15, -0.1) is 0 Å². The molecule has 2 aromatic rings. The number of hydrogen-bond donors (Lipinski definition) is 0. The van der Waals surface area contributed by atoms with E-state index in [1.807, 2.05) is 34.1 Å². The quantitative estimate of drug-likeness (QED) is 0.825. The maximum Gasteiger partial charge on any atom is 0.229 e. The predicted octanol–water partition coefficient (Wildman–Crippen LogP) is 0.769. The van der Waals surface area contributed by atoms with Gasteiger partial charge in [0.2, 0.25) is 5.91 Å². The van der Waals surface area contributed by atoms with E-state index in [4.69, 9.17) is 4.74 Å². The maximum absolute atomic E-state index is 13.0. The van der Waals surface area contributed by atoms with Crippen LogP contribution in [-0.4, -0.2) is 63.3 Å². The first-order valence-electron chi connectivity index (χ1n) is 8.78. The molecule has 0 radical (unpaired) electrons. The second kappa shape index (κ2) is 7.33. The molecule has 4 heterocycles. The number of carbonyl (C=O) groups is 1. The van der Waals surface area contributed by atoms with Crippen LogP contribution < -0.4 is 0 Å². The highest BCUT2D eigenvalue weighted by atomic mass is 16.5. The van der Waals surface area contributed by atoms with E-state index >= 15 is 0 Å². The summed E-state index contributed by atoms with van der Waals surface area (Å²) in [6.07, 6.45) is 5.49. The molecule has 0 aliphatic carbocycles. The summed E-state index contributed by atoms with van der Waals surface area (Å²) in [5, 5.41) is 4.42. The van der Waals surface area contributed by atoms with E-state index in [9.17, 15) is 4.79 Å². The van der Waals surface area contributed by atoms with Gasteiger partial charge in [0.15, 0.2) is 0 Å². The molecule has 1 atom stereocenters. The van der Waals surface area contributed by atoms with Gasteiger partial charge in [-0.3, -0.25) is 19.4 Å². The fourth-order valence-corrected chi connectivity index (χ4v) is 3.60. The number of nitrogens with zero attached hydrogens (tertiary/aromatic N) is 5. The van der Waals surface area contributed by atoms with Crippen molar-refractivity contribution in [1.82, 2.24) is 24.6 Å². The molecule has 0 spiro atoms. The standard InChI is InChI=1S/C18H23N5O2/c24-18(22-6-8-25-9-7-22)16-12-21(11-15-2-1-4-19-10-15)14-17-3-5-20-23(17)13-16/h1-5,10,16H,6-9,11-14H2. The van der Waals surface area contributed by atoms with Crippen molar-refractivity contribution >= 4 is 5.91 Å². The highest BCUT2D eigenvalue weighted by Crippen LogP contribution is 2.20. The lowest BCUT2D eigenvalue weighted by Gasteiger charge is -2.31. The Labute approximate surface area is 147 Å². The molecule has 1 fully saturated rings. The normalized spacial score (nSPS) is 21.6. The summed E-state index contributed by atoms with van der Waals surface area (Å²) in [6.45, 7) is 5.58. The molecule has 0 N–H and O–H groups in total. The first-order valence-corrected chi connectivity index (χ1v) is 8.78. The molecular weight excluding hydrogens is 318 g/mol. The van der Waals surface area contributed by atoms with E-state index in [2.05, 4.69) is 21.0 Å². The third-order valence-corrected chi connectivity index (χ3v) is 4.86. The molecule has 132 valence electrons. The van der Waals surface area contributed by atoms with Crippen LogP contribution in [0.3, 0.4) is 0 Å². The smallest absolute Gasteiger partial charge is 0.229 e. The first kappa shape index (κ1) is 16.2. The molecule has 2 aliphatic rings. The van der Waals surface area contributed by atoms with Crippen LogP contribution in [0.1, 0.15) is 11.3 Å². The van der Waals surface area contributed by atoms with Crippen LogP contribution in [0.15, 0.2) is 36.8 Å². The number of ether oxygens (including phenoxy) is 1. The zero-order chi connectivity index (χ0) is 17.1. The van der Waals surface area contributed by atoms with Crippen LogP contribution in [0.5, 0.6) is 0 Å². The number of aromatic nitrogens is 3. The van der Waals surface area contributed by atoms with Gasteiger partial charge >= 0.3 is 0 Å². The van der Waals surface area contributed by atoms with E-state index in [0.717, 1.165) is 30.9 Å². The molecule has 1 unspecified atom stereocenters. The van der Waals surface area contributed by atoms with Crippen LogP contribution in [0.4, 0.5) is 0 Å². The molecule has 1 saturated heterocycles. The SMILES string of the molecule is O=C(C1CN(Cc2cccnc2)Cc2ccnn2C1)N1CCOCC1.